The summed E-state index contributed by atoms with van der Waals surface area (Å²) in [6.07, 6.45) is 3.42. The zero-order valence-electron chi connectivity index (χ0n) is 13.2. The van der Waals surface area contributed by atoms with Crippen molar-refractivity contribution in [1.29, 1.82) is 0 Å². The van der Waals surface area contributed by atoms with Crippen LogP contribution < -0.4 is 10.6 Å². The molecule has 4 heteroatoms. The SMILES string of the molecule is CCCc1ccc(NC(=O)CN2CCC(CNC)C2)cc1. The molecular weight excluding hydrogens is 262 g/mol. The van der Waals surface area contributed by atoms with Gasteiger partial charge in [0.2, 0.25) is 5.91 Å². The Morgan fingerprint density at radius 3 is 2.76 bits per heavy atom. The lowest BCUT2D eigenvalue weighted by Gasteiger charge is -2.15. The van der Waals surface area contributed by atoms with Crippen molar-refractivity contribution in [1.82, 2.24) is 10.2 Å². The predicted octanol–water partition coefficient (Wildman–Crippen LogP) is 2.12. The first-order chi connectivity index (χ1) is 10.2. The van der Waals surface area contributed by atoms with Crippen LogP contribution >= 0.6 is 0 Å². The van der Waals surface area contributed by atoms with Gasteiger partial charge in [-0.15, -0.1) is 0 Å². The average Bonchev–Trinajstić information content (AvgIpc) is 2.89. The van der Waals surface area contributed by atoms with Crippen LogP contribution in [0, 0.1) is 5.92 Å². The summed E-state index contributed by atoms with van der Waals surface area (Å²) in [6.45, 7) is 5.75. The molecule has 0 saturated carbocycles. The highest BCUT2D eigenvalue weighted by molar-refractivity contribution is 5.92. The van der Waals surface area contributed by atoms with Crippen molar-refractivity contribution in [2.24, 2.45) is 5.92 Å². The summed E-state index contributed by atoms with van der Waals surface area (Å²) in [5.41, 5.74) is 2.22. The normalized spacial score (nSPS) is 18.9. The molecule has 1 aromatic carbocycles. The highest BCUT2D eigenvalue weighted by atomic mass is 16.2. The van der Waals surface area contributed by atoms with E-state index < -0.39 is 0 Å². The fraction of sp³-hybridized carbons (Fsp3) is 0.588. The number of hydrogen-bond donors (Lipinski definition) is 2. The molecule has 116 valence electrons. The van der Waals surface area contributed by atoms with E-state index in [1.54, 1.807) is 0 Å². The molecule has 0 spiro atoms. The lowest BCUT2D eigenvalue weighted by atomic mass is 10.1. The molecule has 0 aromatic heterocycles. The molecule has 0 radical (unpaired) electrons. The van der Waals surface area contributed by atoms with E-state index in [0.717, 1.165) is 38.2 Å². The van der Waals surface area contributed by atoms with Gasteiger partial charge in [-0.1, -0.05) is 25.5 Å². The number of nitrogens with one attached hydrogen (secondary N) is 2. The fourth-order valence-corrected chi connectivity index (χ4v) is 2.96. The van der Waals surface area contributed by atoms with Crippen molar-refractivity contribution < 1.29 is 4.79 Å². The summed E-state index contributed by atoms with van der Waals surface area (Å²) in [7, 11) is 1.98. The van der Waals surface area contributed by atoms with Crippen LogP contribution in [0.4, 0.5) is 5.69 Å². The van der Waals surface area contributed by atoms with Gasteiger partial charge in [0, 0.05) is 12.2 Å². The van der Waals surface area contributed by atoms with E-state index in [0.29, 0.717) is 12.5 Å². The molecule has 1 aliphatic heterocycles. The second kappa shape index (κ2) is 8.15. The number of carbonyl (C=O) groups is 1. The van der Waals surface area contributed by atoms with Gasteiger partial charge in [0.15, 0.2) is 0 Å². The van der Waals surface area contributed by atoms with Gasteiger partial charge in [0.25, 0.3) is 0 Å². The Bertz CT molecular complexity index is 444. The number of rotatable bonds is 7. The summed E-state index contributed by atoms with van der Waals surface area (Å²) < 4.78 is 0. The van der Waals surface area contributed by atoms with Crippen LogP contribution in [0.25, 0.3) is 0 Å². The van der Waals surface area contributed by atoms with Gasteiger partial charge in [-0.2, -0.15) is 0 Å². The molecule has 1 aromatic rings. The first-order valence-electron chi connectivity index (χ1n) is 7.97. The van der Waals surface area contributed by atoms with Crippen LogP contribution in [-0.2, 0) is 11.2 Å². The zero-order valence-corrected chi connectivity index (χ0v) is 13.2. The second-order valence-corrected chi connectivity index (χ2v) is 5.94. The minimum absolute atomic E-state index is 0.0864. The Labute approximate surface area is 127 Å². The van der Waals surface area contributed by atoms with Gasteiger partial charge in [0.1, 0.15) is 0 Å². The highest BCUT2D eigenvalue weighted by Gasteiger charge is 2.23. The second-order valence-electron chi connectivity index (χ2n) is 5.94. The summed E-state index contributed by atoms with van der Waals surface area (Å²) >= 11 is 0. The molecule has 1 heterocycles. The number of aryl methyl sites for hydroxylation is 1. The Balaban J connectivity index is 1.76. The predicted molar refractivity (Wildman–Crippen MR) is 87.5 cm³/mol. The number of anilines is 1. The smallest absolute Gasteiger partial charge is 0.238 e. The Morgan fingerprint density at radius 1 is 1.33 bits per heavy atom. The quantitative estimate of drug-likeness (QED) is 0.808. The van der Waals surface area contributed by atoms with E-state index in [4.69, 9.17) is 0 Å². The van der Waals surface area contributed by atoms with E-state index in [9.17, 15) is 4.79 Å². The fourth-order valence-electron chi connectivity index (χ4n) is 2.96. The molecule has 1 fully saturated rings. The Morgan fingerprint density at radius 2 is 2.10 bits per heavy atom. The summed E-state index contributed by atoms with van der Waals surface area (Å²) in [5.74, 6) is 0.763. The van der Waals surface area contributed by atoms with Crippen LogP contribution in [0.2, 0.25) is 0 Å². The largest absolute Gasteiger partial charge is 0.325 e. The van der Waals surface area contributed by atoms with Crippen LogP contribution in [0.5, 0.6) is 0 Å². The molecular formula is C17H27N3O. The van der Waals surface area contributed by atoms with Gasteiger partial charge in [-0.25, -0.2) is 0 Å². The van der Waals surface area contributed by atoms with Crippen LogP contribution in [0.1, 0.15) is 25.3 Å². The maximum atomic E-state index is 12.1. The van der Waals surface area contributed by atoms with Crippen molar-refractivity contribution >= 4 is 11.6 Å². The number of carbonyl (C=O) groups excluding carboxylic acids is 1. The maximum Gasteiger partial charge on any atom is 0.238 e. The van der Waals surface area contributed by atoms with E-state index in [-0.39, 0.29) is 5.91 Å². The maximum absolute atomic E-state index is 12.1. The minimum Gasteiger partial charge on any atom is -0.325 e. The average molecular weight is 289 g/mol. The number of likely N-dealkylation sites (tertiary alicyclic amines) is 1. The first-order valence-corrected chi connectivity index (χ1v) is 7.97. The third kappa shape index (κ3) is 5.14. The molecule has 2 rings (SSSR count). The van der Waals surface area contributed by atoms with E-state index in [1.165, 1.54) is 12.0 Å². The Kier molecular flexibility index (Phi) is 6.21. The lowest BCUT2D eigenvalue weighted by Crippen LogP contribution is -2.32. The molecule has 1 atom stereocenters. The lowest BCUT2D eigenvalue weighted by molar-refractivity contribution is -0.117. The molecule has 1 amide bonds. The summed E-state index contributed by atoms with van der Waals surface area (Å²) in [5, 5.41) is 6.20. The van der Waals surface area contributed by atoms with Gasteiger partial charge < -0.3 is 10.6 Å². The number of benzene rings is 1. The number of amides is 1. The molecule has 1 aliphatic rings. The van der Waals surface area contributed by atoms with Crippen LogP contribution in [-0.4, -0.2) is 44.0 Å². The van der Waals surface area contributed by atoms with Crippen molar-refractivity contribution in [3.63, 3.8) is 0 Å². The monoisotopic (exact) mass is 289 g/mol. The number of nitrogens with zero attached hydrogens (tertiary/aromatic N) is 1. The van der Waals surface area contributed by atoms with E-state index in [2.05, 4.69) is 34.6 Å². The third-order valence-electron chi connectivity index (χ3n) is 4.01. The van der Waals surface area contributed by atoms with Gasteiger partial charge in [-0.3, -0.25) is 9.69 Å². The van der Waals surface area contributed by atoms with Crippen molar-refractivity contribution in [3.8, 4) is 0 Å². The first kappa shape index (κ1) is 16.0. The van der Waals surface area contributed by atoms with Crippen molar-refractivity contribution in [2.45, 2.75) is 26.2 Å². The van der Waals surface area contributed by atoms with Crippen LogP contribution in [0.15, 0.2) is 24.3 Å². The van der Waals surface area contributed by atoms with Gasteiger partial charge >= 0.3 is 0 Å². The highest BCUT2D eigenvalue weighted by Crippen LogP contribution is 2.15. The number of hydrogen-bond acceptors (Lipinski definition) is 3. The summed E-state index contributed by atoms with van der Waals surface area (Å²) in [4.78, 5) is 14.3. The summed E-state index contributed by atoms with van der Waals surface area (Å²) in [6, 6.07) is 8.18. The van der Waals surface area contributed by atoms with E-state index in [1.807, 2.05) is 19.2 Å². The molecule has 0 aliphatic carbocycles. The van der Waals surface area contributed by atoms with Crippen molar-refractivity contribution in [3.05, 3.63) is 29.8 Å². The molecule has 4 nitrogen and oxygen atoms in total. The minimum atomic E-state index is 0.0864. The van der Waals surface area contributed by atoms with Gasteiger partial charge in [-0.05, 0) is 56.6 Å². The Hall–Kier alpha value is -1.39. The molecule has 1 saturated heterocycles. The molecule has 0 bridgehead atoms. The van der Waals surface area contributed by atoms with E-state index >= 15 is 0 Å². The third-order valence-corrected chi connectivity index (χ3v) is 4.01. The van der Waals surface area contributed by atoms with Crippen molar-refractivity contribution in [2.75, 3.05) is 38.5 Å². The molecule has 1 unspecified atom stereocenters. The topological polar surface area (TPSA) is 44.4 Å². The van der Waals surface area contributed by atoms with Crippen LogP contribution in [0.3, 0.4) is 0 Å². The molecule has 2 N–H and O–H groups in total. The van der Waals surface area contributed by atoms with Gasteiger partial charge in [0.05, 0.1) is 6.54 Å². The standard InChI is InChI=1S/C17H27N3O/c1-3-4-14-5-7-16(8-6-14)19-17(21)13-20-10-9-15(12-20)11-18-2/h5-8,15,18H,3-4,9-13H2,1-2H3,(H,19,21). The molecule has 21 heavy (non-hydrogen) atoms. The zero-order chi connectivity index (χ0) is 15.1.